The van der Waals surface area contributed by atoms with Crippen molar-refractivity contribution >= 4 is 48.6 Å². The van der Waals surface area contributed by atoms with Crippen molar-refractivity contribution in [2.24, 2.45) is 0 Å². The van der Waals surface area contributed by atoms with E-state index in [0.29, 0.717) is 0 Å². The molecule has 0 amide bonds. The number of thiophene rings is 1. The number of rotatable bonds is 9. The molecule has 0 fully saturated rings. The monoisotopic (exact) mass is 983 g/mol. The third kappa shape index (κ3) is 6.51. The summed E-state index contributed by atoms with van der Waals surface area (Å²) in [5.74, 6) is 0. The summed E-state index contributed by atoms with van der Waals surface area (Å²) in [4.78, 5) is 2.56. The fourth-order valence-electron chi connectivity index (χ4n) is 13.3. The number of hydrogen-bond donors (Lipinski definition) is 0. The summed E-state index contributed by atoms with van der Waals surface area (Å²) in [5, 5.41) is 2.61. The Balaban J connectivity index is 1.04. The van der Waals surface area contributed by atoms with Gasteiger partial charge in [-0.05, 0) is 126 Å². The highest BCUT2D eigenvalue weighted by Crippen LogP contribution is 2.61. The van der Waals surface area contributed by atoms with Crippen LogP contribution < -0.4 is 4.90 Å². The van der Waals surface area contributed by atoms with Crippen molar-refractivity contribution in [1.29, 1.82) is 0 Å². The summed E-state index contributed by atoms with van der Waals surface area (Å²) in [6.45, 7) is 0. The zero-order chi connectivity index (χ0) is 50.2. The Morgan fingerprint density at radius 3 is 1.29 bits per heavy atom. The molecule has 1 aromatic heterocycles. The van der Waals surface area contributed by atoms with Gasteiger partial charge in [-0.2, -0.15) is 0 Å². The van der Waals surface area contributed by atoms with Crippen molar-refractivity contribution in [3.63, 3.8) is 0 Å². The summed E-state index contributed by atoms with van der Waals surface area (Å²) in [6.07, 6.45) is 0. The summed E-state index contributed by atoms with van der Waals surface area (Å²) in [7, 11) is 0. The molecule has 0 N–H and O–H groups in total. The molecule has 0 aliphatic heterocycles. The highest BCUT2D eigenvalue weighted by atomic mass is 32.1. The lowest BCUT2D eigenvalue weighted by Gasteiger charge is -2.36. The summed E-state index contributed by atoms with van der Waals surface area (Å²) >= 11 is 1.88. The van der Waals surface area contributed by atoms with Crippen LogP contribution in [0.2, 0.25) is 0 Å². The van der Waals surface area contributed by atoms with E-state index in [9.17, 15) is 0 Å². The maximum absolute atomic E-state index is 2.56. The first-order chi connectivity index (χ1) is 37.7. The maximum atomic E-state index is 2.56. The number of hydrogen-bond acceptors (Lipinski definition) is 2. The lowest BCUT2D eigenvalue weighted by Crippen LogP contribution is -2.29. The molecule has 13 aromatic rings. The topological polar surface area (TPSA) is 3.24 Å². The van der Waals surface area contributed by atoms with Crippen molar-refractivity contribution < 1.29 is 0 Å². The van der Waals surface area contributed by atoms with E-state index >= 15 is 0 Å². The molecule has 2 heteroatoms. The predicted octanol–water partition coefficient (Wildman–Crippen LogP) is 19.6. The van der Waals surface area contributed by atoms with Crippen molar-refractivity contribution in [3.8, 4) is 44.5 Å². The van der Waals surface area contributed by atoms with Gasteiger partial charge in [0.2, 0.25) is 0 Å². The molecular formula is C74H49NS. The molecule has 0 atom stereocenters. The SMILES string of the molecule is c1ccc(-c2cc3c(cc2N(c2ccc(-c4cccc5c4sc4ccccc45)cc2)c2ccc4c(c2)C(c2ccccc2)(c2ccccc2)c2ccccc2-4)C(c2ccccc2)(c2ccccc2)c2ccccc2-3)cc1. The molecule has 76 heavy (non-hydrogen) atoms. The number of anilines is 3. The van der Waals surface area contributed by atoms with Gasteiger partial charge in [0.25, 0.3) is 0 Å². The van der Waals surface area contributed by atoms with Gasteiger partial charge in [-0.3, -0.25) is 0 Å². The van der Waals surface area contributed by atoms with Gasteiger partial charge in [0.05, 0.1) is 16.5 Å². The molecule has 12 aromatic carbocycles. The van der Waals surface area contributed by atoms with E-state index < -0.39 is 10.8 Å². The molecule has 15 rings (SSSR count). The Morgan fingerprint density at radius 2 is 0.697 bits per heavy atom. The third-order valence-corrected chi connectivity index (χ3v) is 17.7. The second kappa shape index (κ2) is 17.7. The smallest absolute Gasteiger partial charge is 0.0714 e. The second-order valence-corrected chi connectivity index (χ2v) is 21.3. The molecule has 0 saturated heterocycles. The van der Waals surface area contributed by atoms with Gasteiger partial charge in [0.1, 0.15) is 0 Å². The highest BCUT2D eigenvalue weighted by molar-refractivity contribution is 7.26. The van der Waals surface area contributed by atoms with E-state index in [4.69, 9.17) is 0 Å². The minimum atomic E-state index is -0.605. The van der Waals surface area contributed by atoms with E-state index in [0.717, 1.165) is 28.2 Å². The average molecular weight is 984 g/mol. The van der Waals surface area contributed by atoms with Crippen LogP contribution in [0.5, 0.6) is 0 Å². The van der Waals surface area contributed by atoms with Crippen LogP contribution in [0, 0.1) is 0 Å². The van der Waals surface area contributed by atoms with Crippen molar-refractivity contribution in [2.75, 3.05) is 4.90 Å². The van der Waals surface area contributed by atoms with Gasteiger partial charge in [0, 0.05) is 37.1 Å². The zero-order valence-electron chi connectivity index (χ0n) is 41.6. The first-order valence-corrected chi connectivity index (χ1v) is 27.1. The Morgan fingerprint density at radius 1 is 0.263 bits per heavy atom. The van der Waals surface area contributed by atoms with Crippen LogP contribution in [-0.2, 0) is 10.8 Å². The predicted molar refractivity (Wildman–Crippen MR) is 319 cm³/mol. The Hall–Kier alpha value is -9.34. The quantitative estimate of drug-likeness (QED) is 0.139. The molecule has 0 radical (unpaired) electrons. The van der Waals surface area contributed by atoms with Crippen LogP contribution in [0.4, 0.5) is 17.1 Å². The molecular weight excluding hydrogens is 935 g/mol. The lowest BCUT2D eigenvalue weighted by molar-refractivity contribution is 0.767. The van der Waals surface area contributed by atoms with Crippen molar-refractivity contribution in [3.05, 3.63) is 342 Å². The summed E-state index contributed by atoms with van der Waals surface area (Å²) in [6, 6.07) is 111. The van der Waals surface area contributed by atoms with Crippen LogP contribution in [0.15, 0.2) is 297 Å². The first-order valence-electron chi connectivity index (χ1n) is 26.3. The third-order valence-electron chi connectivity index (χ3n) is 16.4. The molecule has 0 spiro atoms. The van der Waals surface area contributed by atoms with E-state index in [-0.39, 0.29) is 0 Å². The molecule has 1 heterocycles. The summed E-state index contributed by atoms with van der Waals surface area (Å²) in [5.41, 5.74) is 21.9. The molecule has 0 unspecified atom stereocenters. The van der Waals surface area contributed by atoms with Crippen LogP contribution in [-0.4, -0.2) is 0 Å². The van der Waals surface area contributed by atoms with Crippen molar-refractivity contribution in [1.82, 2.24) is 0 Å². The van der Waals surface area contributed by atoms with E-state index in [2.05, 4.69) is 302 Å². The van der Waals surface area contributed by atoms with E-state index in [1.165, 1.54) is 98.1 Å². The van der Waals surface area contributed by atoms with Gasteiger partial charge in [-0.1, -0.05) is 255 Å². The Kier molecular flexibility index (Phi) is 10.3. The molecule has 2 aliphatic carbocycles. The lowest BCUT2D eigenvalue weighted by atomic mass is 9.67. The Labute approximate surface area is 447 Å². The normalized spacial score (nSPS) is 13.5. The number of fused-ring (bicyclic) bond motifs is 9. The first kappa shape index (κ1) is 44.2. The molecule has 0 bridgehead atoms. The Bertz CT molecular complexity index is 4230. The molecule has 1 nitrogen and oxygen atoms in total. The standard InChI is InChI=1S/C74H49NS/c1-6-23-50(24-7-1)64-48-65-60-34-17-20-39-67(60)74(54-29-12-4-13-30-54,55-31-14-5-15-32-55)69(65)49-70(64)75(56-43-41-51(42-44-56)58-36-22-37-63-62-35-18-21-40-71(62)76-72(58)63)57-45-46-61-59-33-16-19-38-66(59)73(68(61)47-57,52-25-8-2-9-26-52)53-27-10-3-11-28-53/h1-49H. The van der Waals surface area contributed by atoms with E-state index in [1.807, 2.05) is 11.3 Å². The van der Waals surface area contributed by atoms with E-state index in [1.54, 1.807) is 0 Å². The maximum Gasteiger partial charge on any atom is 0.0714 e. The van der Waals surface area contributed by atoms with Gasteiger partial charge in [-0.15, -0.1) is 11.3 Å². The summed E-state index contributed by atoms with van der Waals surface area (Å²) < 4.78 is 2.62. The molecule has 0 saturated carbocycles. The van der Waals surface area contributed by atoms with Crippen LogP contribution in [0.1, 0.15) is 44.5 Å². The zero-order valence-corrected chi connectivity index (χ0v) is 42.5. The van der Waals surface area contributed by atoms with Crippen LogP contribution in [0.25, 0.3) is 64.7 Å². The fraction of sp³-hybridized carbons (Fsp3) is 0.0270. The van der Waals surface area contributed by atoms with Gasteiger partial charge >= 0.3 is 0 Å². The second-order valence-electron chi connectivity index (χ2n) is 20.2. The van der Waals surface area contributed by atoms with Crippen LogP contribution in [0.3, 0.4) is 0 Å². The molecule has 2 aliphatic rings. The average Bonchev–Trinajstić information content (AvgIpc) is 4.16. The fourth-order valence-corrected chi connectivity index (χ4v) is 14.5. The van der Waals surface area contributed by atoms with Crippen LogP contribution >= 0.6 is 11.3 Å². The number of benzene rings is 12. The van der Waals surface area contributed by atoms with Gasteiger partial charge in [-0.25, -0.2) is 0 Å². The van der Waals surface area contributed by atoms with Crippen molar-refractivity contribution in [2.45, 2.75) is 10.8 Å². The minimum absolute atomic E-state index is 0.583. The number of nitrogens with zero attached hydrogens (tertiary/aromatic N) is 1. The highest BCUT2D eigenvalue weighted by Gasteiger charge is 2.48. The molecule has 356 valence electrons. The van der Waals surface area contributed by atoms with Gasteiger partial charge < -0.3 is 4.90 Å². The largest absolute Gasteiger partial charge is 0.310 e. The minimum Gasteiger partial charge on any atom is -0.310 e. The van der Waals surface area contributed by atoms with Gasteiger partial charge in [0.15, 0.2) is 0 Å².